The number of nitrogens with zero attached hydrogens (tertiary/aromatic N) is 1. The molecule has 4 aromatic rings. The highest BCUT2D eigenvalue weighted by Gasteiger charge is 2.50. The Balaban J connectivity index is 0.000000728. The van der Waals surface area contributed by atoms with Crippen molar-refractivity contribution in [3.8, 4) is 17.2 Å². The van der Waals surface area contributed by atoms with Crippen LogP contribution in [0.15, 0.2) is 91.0 Å². The molecule has 1 unspecified atom stereocenters. The molecule has 0 heterocycles. The van der Waals surface area contributed by atoms with Crippen LogP contribution in [0, 0.1) is 6.07 Å². The maximum absolute atomic E-state index is 14.0. The molecule has 56 heavy (non-hydrogen) atoms. The molecule has 0 aromatic heterocycles. The average Bonchev–Trinajstić information content (AvgIpc) is 3.12. The minimum absolute atomic E-state index is 0.0215. The SMILES string of the molecule is CCOC(C)(c1cc(C(F)(F)F)ccc1OB(Oc1ccc(C(F)(F)F)cc1)Oc1ccc(C(F)(F)F)cc1)[N+](CC)(CC)CC.FC(F)(F)c1cc[c-]cc1. The van der Waals surface area contributed by atoms with Gasteiger partial charge in [-0.3, -0.25) is 4.48 Å². The van der Waals surface area contributed by atoms with Gasteiger partial charge < -0.3 is 18.7 Å². The predicted octanol–water partition coefficient (Wildman–Crippen LogP) is 11.9. The molecule has 0 bridgehead atoms. The molecule has 0 aliphatic heterocycles. The van der Waals surface area contributed by atoms with Crippen LogP contribution in [-0.2, 0) is 35.2 Å². The van der Waals surface area contributed by atoms with Crippen molar-refractivity contribution in [2.75, 3.05) is 26.2 Å². The second-order valence-electron chi connectivity index (χ2n) is 12.2. The molecule has 0 aliphatic rings. The highest BCUT2D eigenvalue weighted by atomic mass is 19.4. The van der Waals surface area contributed by atoms with Crippen molar-refractivity contribution in [1.82, 2.24) is 0 Å². The Kier molecular flexibility index (Phi) is 14.8. The maximum Gasteiger partial charge on any atom is 0.864 e. The van der Waals surface area contributed by atoms with E-state index in [-0.39, 0.29) is 33.9 Å². The lowest BCUT2D eigenvalue weighted by Crippen LogP contribution is -2.62. The van der Waals surface area contributed by atoms with Crippen molar-refractivity contribution in [3.05, 3.63) is 125 Å². The molecule has 0 saturated carbocycles. The van der Waals surface area contributed by atoms with Gasteiger partial charge in [0.05, 0.1) is 48.5 Å². The molecule has 4 aromatic carbocycles. The molecule has 0 spiro atoms. The van der Waals surface area contributed by atoms with E-state index < -0.39 is 60.0 Å². The number of quaternary nitrogens is 1. The van der Waals surface area contributed by atoms with Crippen molar-refractivity contribution in [1.29, 1.82) is 0 Å². The number of halogens is 12. The van der Waals surface area contributed by atoms with Gasteiger partial charge >= 0.3 is 32.0 Å². The topological polar surface area (TPSA) is 36.9 Å². The summed E-state index contributed by atoms with van der Waals surface area (Å²) < 4.78 is 180. The standard InChI is InChI=1S/C31H34BF9NO4.C7H4F3/c1-6-42(7-2,8-3)28(5,43-9-4)26-20-23(31(39,40)41)14-19-27(26)46-32(44-24-15-10-21(11-16-24)29(33,34)35)45-25-17-12-22(13-18-25)30(36,37)38;8-7(9,10)6-4-2-1-3-5-6/h10-20H,6-9H2,1-5H3;2-5H/q+1;-1. The fourth-order valence-electron chi connectivity index (χ4n) is 5.92. The van der Waals surface area contributed by atoms with Gasteiger partial charge in [-0.05, 0) is 94.4 Å². The fourth-order valence-corrected chi connectivity index (χ4v) is 5.92. The van der Waals surface area contributed by atoms with Crippen molar-refractivity contribution >= 4 is 7.32 Å². The van der Waals surface area contributed by atoms with Crippen LogP contribution >= 0.6 is 0 Å². The quantitative estimate of drug-likeness (QED) is 0.0443. The zero-order chi connectivity index (χ0) is 42.2. The Morgan fingerprint density at radius 1 is 0.518 bits per heavy atom. The number of ether oxygens (including phenoxy) is 1. The third kappa shape index (κ3) is 11.5. The van der Waals surface area contributed by atoms with E-state index in [0.717, 1.165) is 78.9 Å². The van der Waals surface area contributed by atoms with Crippen molar-refractivity contribution in [3.63, 3.8) is 0 Å². The maximum atomic E-state index is 14.0. The Hall–Kier alpha value is -4.58. The summed E-state index contributed by atoms with van der Waals surface area (Å²) in [5, 5.41) is 0. The lowest BCUT2D eigenvalue weighted by Gasteiger charge is -2.50. The van der Waals surface area contributed by atoms with Crippen LogP contribution in [0.1, 0.15) is 62.4 Å². The second kappa shape index (κ2) is 18.1. The van der Waals surface area contributed by atoms with E-state index in [0.29, 0.717) is 19.6 Å². The van der Waals surface area contributed by atoms with E-state index >= 15 is 0 Å². The molecule has 0 aliphatic carbocycles. The molecule has 18 heteroatoms. The van der Waals surface area contributed by atoms with E-state index in [1.807, 2.05) is 20.8 Å². The third-order valence-corrected chi connectivity index (χ3v) is 9.05. The van der Waals surface area contributed by atoms with Gasteiger partial charge in [-0.25, -0.2) is 0 Å². The van der Waals surface area contributed by atoms with E-state index in [1.54, 1.807) is 13.8 Å². The highest BCUT2D eigenvalue weighted by Crippen LogP contribution is 2.44. The monoisotopic (exact) mass is 811 g/mol. The smallest absolute Gasteiger partial charge is 0.490 e. The number of hydrogen-bond donors (Lipinski definition) is 0. The zero-order valence-corrected chi connectivity index (χ0v) is 30.7. The van der Waals surface area contributed by atoms with Crippen LogP contribution in [0.2, 0.25) is 0 Å². The summed E-state index contributed by atoms with van der Waals surface area (Å²) >= 11 is 0. The van der Waals surface area contributed by atoms with Gasteiger partial charge in [0.25, 0.3) is 0 Å². The molecule has 5 nitrogen and oxygen atoms in total. The summed E-state index contributed by atoms with van der Waals surface area (Å²) in [6.45, 7) is 10.4. The molecule has 0 radical (unpaired) electrons. The van der Waals surface area contributed by atoms with Crippen molar-refractivity contribution < 1.29 is 75.9 Å². The van der Waals surface area contributed by atoms with Crippen LogP contribution in [0.25, 0.3) is 0 Å². The van der Waals surface area contributed by atoms with E-state index in [9.17, 15) is 52.7 Å². The van der Waals surface area contributed by atoms with Crippen molar-refractivity contribution in [2.24, 2.45) is 0 Å². The zero-order valence-electron chi connectivity index (χ0n) is 30.7. The van der Waals surface area contributed by atoms with Gasteiger partial charge in [-0.15, -0.1) is 0 Å². The Morgan fingerprint density at radius 3 is 1.23 bits per heavy atom. The Morgan fingerprint density at radius 2 is 0.893 bits per heavy atom. The minimum Gasteiger partial charge on any atom is -0.490 e. The second-order valence-corrected chi connectivity index (χ2v) is 12.2. The van der Waals surface area contributed by atoms with E-state index in [2.05, 4.69) is 6.07 Å². The molecule has 0 amide bonds. The molecule has 4 rings (SSSR count). The van der Waals surface area contributed by atoms with Gasteiger partial charge in [0.15, 0.2) is 0 Å². The average molecular weight is 812 g/mol. The lowest BCUT2D eigenvalue weighted by molar-refractivity contribution is -1.00. The van der Waals surface area contributed by atoms with Crippen LogP contribution in [0.4, 0.5) is 52.7 Å². The molecule has 306 valence electrons. The summed E-state index contributed by atoms with van der Waals surface area (Å²) in [4.78, 5) is 0. The van der Waals surface area contributed by atoms with Crippen LogP contribution < -0.4 is 14.0 Å². The summed E-state index contributed by atoms with van der Waals surface area (Å²) in [7, 11) is -1.89. The molecule has 0 fully saturated rings. The largest absolute Gasteiger partial charge is 0.864 e. The highest BCUT2D eigenvalue weighted by molar-refractivity contribution is 6.39. The van der Waals surface area contributed by atoms with E-state index in [1.165, 1.54) is 12.1 Å². The molecule has 0 N–H and O–H groups in total. The Labute approximate surface area is 316 Å². The molecular weight excluding hydrogens is 773 g/mol. The number of alkyl halides is 12. The van der Waals surface area contributed by atoms with Crippen LogP contribution in [0.3, 0.4) is 0 Å². The normalized spacial score (nSPS) is 13.6. The van der Waals surface area contributed by atoms with Gasteiger partial charge in [-0.2, -0.15) is 83.0 Å². The minimum atomic E-state index is -4.74. The first-order valence-corrected chi connectivity index (χ1v) is 17.0. The third-order valence-electron chi connectivity index (χ3n) is 9.05. The fraction of sp³-hybridized carbons (Fsp3) is 0.368. The predicted molar refractivity (Wildman–Crippen MR) is 183 cm³/mol. The summed E-state index contributed by atoms with van der Waals surface area (Å²) in [6.07, 6.45) is -18.3. The summed E-state index contributed by atoms with van der Waals surface area (Å²) in [5.41, 5.74) is -5.03. The molecule has 0 saturated heterocycles. The number of hydrogen-bond acceptors (Lipinski definition) is 4. The first kappa shape index (κ1) is 45.8. The van der Waals surface area contributed by atoms with E-state index in [4.69, 9.17) is 18.7 Å². The number of benzene rings is 4. The Bertz CT molecular complexity index is 1740. The number of rotatable bonds is 13. The van der Waals surface area contributed by atoms with Crippen LogP contribution in [-0.4, -0.2) is 38.0 Å². The van der Waals surface area contributed by atoms with Crippen LogP contribution in [0.5, 0.6) is 17.2 Å². The van der Waals surface area contributed by atoms with Gasteiger partial charge in [0.1, 0.15) is 17.2 Å². The first-order valence-electron chi connectivity index (χ1n) is 17.0. The summed E-state index contributed by atoms with van der Waals surface area (Å²) in [5.74, 6) is -0.552. The van der Waals surface area contributed by atoms with Crippen molar-refractivity contribution in [2.45, 2.75) is 65.0 Å². The molecular formula is C38H38BF12NO4. The molecule has 1 atom stereocenters. The summed E-state index contributed by atoms with van der Waals surface area (Å²) in [6, 6.07) is 16.5. The first-order chi connectivity index (χ1) is 25.9. The van der Waals surface area contributed by atoms with Gasteiger partial charge in [0, 0.05) is 6.92 Å². The lowest BCUT2D eigenvalue weighted by atomic mass is 9.94. The van der Waals surface area contributed by atoms with Gasteiger partial charge in [0.2, 0.25) is 5.72 Å². The van der Waals surface area contributed by atoms with Gasteiger partial charge in [-0.1, -0.05) is 5.56 Å².